The van der Waals surface area contributed by atoms with Crippen molar-refractivity contribution in [3.05, 3.63) is 22.7 Å². The van der Waals surface area contributed by atoms with Crippen LogP contribution >= 0.6 is 11.6 Å². The molecule has 0 bridgehead atoms. The number of hydrogen-bond acceptors (Lipinski definition) is 4. The number of β-amino-alcohol motifs (C(OH)–C–C–N with tert-alkyl or cyclic N) is 1. The molecular formula is C12H14ClNO3. The number of ether oxygens (including phenoxy) is 2. The van der Waals surface area contributed by atoms with Gasteiger partial charge >= 0.3 is 0 Å². The molecule has 3 rings (SSSR count). The quantitative estimate of drug-likeness (QED) is 0.837. The number of benzene rings is 1. The normalized spacial score (nSPS) is 26.5. The van der Waals surface area contributed by atoms with E-state index in [2.05, 4.69) is 5.32 Å². The number of rotatable bonds is 2. The van der Waals surface area contributed by atoms with Gasteiger partial charge in [0.15, 0.2) is 11.5 Å². The van der Waals surface area contributed by atoms with E-state index in [0.29, 0.717) is 29.5 Å². The van der Waals surface area contributed by atoms with Crippen LogP contribution in [0.25, 0.3) is 0 Å². The van der Waals surface area contributed by atoms with E-state index >= 15 is 0 Å². The topological polar surface area (TPSA) is 50.7 Å². The Labute approximate surface area is 104 Å². The average Bonchev–Trinajstić information content (AvgIpc) is 2.87. The number of nitrogens with one attached hydrogen (secondary N) is 1. The standard InChI is InChI=1S/C12H14ClNO3/c13-9-3-8(4-10-11(9)17-7-16-10)5-12(15)1-2-14-6-12/h3-4,14-15H,1-2,5-7H2. The summed E-state index contributed by atoms with van der Waals surface area (Å²) in [6.45, 7) is 1.69. The third kappa shape index (κ3) is 2.08. The maximum Gasteiger partial charge on any atom is 0.231 e. The van der Waals surface area contributed by atoms with Crippen LogP contribution in [0, 0.1) is 0 Å². The van der Waals surface area contributed by atoms with Crippen LogP contribution in [-0.2, 0) is 6.42 Å². The third-order valence-corrected chi connectivity index (χ3v) is 3.52. The van der Waals surface area contributed by atoms with Crippen molar-refractivity contribution in [1.82, 2.24) is 5.32 Å². The molecule has 2 heterocycles. The second kappa shape index (κ2) is 4.05. The van der Waals surface area contributed by atoms with Gasteiger partial charge in [0.1, 0.15) is 0 Å². The van der Waals surface area contributed by atoms with Crippen LogP contribution in [0.2, 0.25) is 5.02 Å². The molecule has 0 amide bonds. The number of fused-ring (bicyclic) bond motifs is 1. The smallest absolute Gasteiger partial charge is 0.231 e. The number of halogens is 1. The summed E-state index contributed by atoms with van der Waals surface area (Å²) >= 11 is 6.10. The maximum atomic E-state index is 10.3. The minimum absolute atomic E-state index is 0.213. The highest BCUT2D eigenvalue weighted by Gasteiger charge is 2.32. The minimum Gasteiger partial charge on any atom is -0.454 e. The average molecular weight is 256 g/mol. The predicted octanol–water partition coefficient (Wildman–Crippen LogP) is 1.34. The molecular weight excluding hydrogens is 242 g/mol. The molecule has 1 atom stereocenters. The van der Waals surface area contributed by atoms with E-state index in [-0.39, 0.29) is 6.79 Å². The molecule has 17 heavy (non-hydrogen) atoms. The lowest BCUT2D eigenvalue weighted by atomic mass is 9.93. The first-order valence-electron chi connectivity index (χ1n) is 5.67. The maximum absolute atomic E-state index is 10.3. The lowest BCUT2D eigenvalue weighted by Crippen LogP contribution is -2.33. The van der Waals surface area contributed by atoms with Crippen molar-refractivity contribution < 1.29 is 14.6 Å². The predicted molar refractivity (Wildman–Crippen MR) is 63.7 cm³/mol. The summed E-state index contributed by atoms with van der Waals surface area (Å²) in [6.07, 6.45) is 1.34. The molecule has 0 saturated carbocycles. The molecule has 0 radical (unpaired) electrons. The molecule has 0 spiro atoms. The Morgan fingerprint density at radius 2 is 2.29 bits per heavy atom. The van der Waals surface area contributed by atoms with Crippen LogP contribution in [0.1, 0.15) is 12.0 Å². The second-order valence-corrected chi connectivity index (χ2v) is 5.05. The van der Waals surface area contributed by atoms with Crippen LogP contribution in [0.15, 0.2) is 12.1 Å². The van der Waals surface area contributed by atoms with Gasteiger partial charge in [-0.3, -0.25) is 0 Å². The zero-order valence-corrected chi connectivity index (χ0v) is 10.1. The van der Waals surface area contributed by atoms with Crippen LogP contribution < -0.4 is 14.8 Å². The van der Waals surface area contributed by atoms with Gasteiger partial charge in [0, 0.05) is 13.0 Å². The van der Waals surface area contributed by atoms with Crippen LogP contribution in [0.3, 0.4) is 0 Å². The third-order valence-electron chi connectivity index (χ3n) is 3.24. The zero-order valence-electron chi connectivity index (χ0n) is 9.33. The summed E-state index contributed by atoms with van der Waals surface area (Å²) in [4.78, 5) is 0. The van der Waals surface area contributed by atoms with Crippen LogP contribution in [-0.4, -0.2) is 30.6 Å². The molecule has 1 fully saturated rings. The largest absolute Gasteiger partial charge is 0.454 e. The number of hydrogen-bond donors (Lipinski definition) is 2. The molecule has 5 heteroatoms. The van der Waals surface area contributed by atoms with E-state index in [1.807, 2.05) is 12.1 Å². The first-order valence-corrected chi connectivity index (χ1v) is 6.05. The van der Waals surface area contributed by atoms with Crippen molar-refractivity contribution in [2.75, 3.05) is 19.9 Å². The van der Waals surface area contributed by atoms with E-state index in [1.165, 1.54) is 0 Å². The summed E-state index contributed by atoms with van der Waals surface area (Å²) in [7, 11) is 0. The highest BCUT2D eigenvalue weighted by molar-refractivity contribution is 6.32. The summed E-state index contributed by atoms with van der Waals surface area (Å²) < 4.78 is 10.6. The second-order valence-electron chi connectivity index (χ2n) is 4.64. The summed E-state index contributed by atoms with van der Waals surface area (Å²) in [5.74, 6) is 1.27. The molecule has 0 aliphatic carbocycles. The van der Waals surface area contributed by atoms with Crippen LogP contribution in [0.5, 0.6) is 11.5 Å². The highest BCUT2D eigenvalue weighted by Crippen LogP contribution is 2.40. The van der Waals surface area contributed by atoms with E-state index in [0.717, 1.165) is 18.5 Å². The molecule has 2 N–H and O–H groups in total. The number of aliphatic hydroxyl groups is 1. The fourth-order valence-electron chi connectivity index (χ4n) is 2.38. The Morgan fingerprint density at radius 1 is 1.41 bits per heavy atom. The lowest BCUT2D eigenvalue weighted by Gasteiger charge is -2.21. The SMILES string of the molecule is OC1(Cc2cc(Cl)c3c(c2)OCO3)CCNC1. The molecule has 1 unspecified atom stereocenters. The van der Waals surface area contributed by atoms with Crippen molar-refractivity contribution in [3.63, 3.8) is 0 Å². The first-order chi connectivity index (χ1) is 8.16. The zero-order chi connectivity index (χ0) is 11.9. The van der Waals surface area contributed by atoms with Crippen molar-refractivity contribution in [3.8, 4) is 11.5 Å². The molecule has 1 aromatic rings. The molecule has 1 saturated heterocycles. The van der Waals surface area contributed by atoms with E-state index in [1.54, 1.807) is 0 Å². The van der Waals surface area contributed by atoms with Gasteiger partial charge in [0.25, 0.3) is 0 Å². The van der Waals surface area contributed by atoms with Crippen molar-refractivity contribution in [2.24, 2.45) is 0 Å². The van der Waals surface area contributed by atoms with Crippen LogP contribution in [0.4, 0.5) is 0 Å². The molecule has 92 valence electrons. The summed E-state index contributed by atoms with van der Waals surface area (Å²) in [5.41, 5.74) is 0.308. The Morgan fingerprint density at radius 3 is 3.06 bits per heavy atom. The van der Waals surface area contributed by atoms with Crippen molar-refractivity contribution in [1.29, 1.82) is 0 Å². The minimum atomic E-state index is -0.670. The molecule has 2 aliphatic heterocycles. The van der Waals surface area contributed by atoms with Gasteiger partial charge in [-0.1, -0.05) is 11.6 Å². The lowest BCUT2D eigenvalue weighted by molar-refractivity contribution is 0.0618. The van der Waals surface area contributed by atoms with Gasteiger partial charge in [-0.2, -0.15) is 0 Å². The summed E-state index contributed by atoms with van der Waals surface area (Å²) in [5, 5.41) is 14.0. The monoisotopic (exact) mass is 255 g/mol. The van der Waals surface area contributed by atoms with Crippen molar-refractivity contribution >= 4 is 11.6 Å². The fraction of sp³-hybridized carbons (Fsp3) is 0.500. The van der Waals surface area contributed by atoms with Crippen molar-refractivity contribution in [2.45, 2.75) is 18.4 Å². The highest BCUT2D eigenvalue weighted by atomic mass is 35.5. The van der Waals surface area contributed by atoms with Gasteiger partial charge in [-0.05, 0) is 30.7 Å². The van der Waals surface area contributed by atoms with Gasteiger partial charge in [-0.15, -0.1) is 0 Å². The summed E-state index contributed by atoms with van der Waals surface area (Å²) in [6, 6.07) is 3.73. The Bertz CT molecular complexity index is 444. The van der Waals surface area contributed by atoms with Gasteiger partial charge in [0.05, 0.1) is 10.6 Å². The van der Waals surface area contributed by atoms with E-state index < -0.39 is 5.60 Å². The van der Waals surface area contributed by atoms with Gasteiger partial charge < -0.3 is 19.9 Å². The molecule has 1 aromatic carbocycles. The Kier molecular flexibility index (Phi) is 2.65. The Hall–Kier alpha value is -0.970. The fourth-order valence-corrected chi connectivity index (χ4v) is 2.67. The molecule has 4 nitrogen and oxygen atoms in total. The van der Waals surface area contributed by atoms with E-state index in [4.69, 9.17) is 21.1 Å². The van der Waals surface area contributed by atoms with Gasteiger partial charge in [-0.25, -0.2) is 0 Å². The molecule has 2 aliphatic rings. The molecule has 0 aromatic heterocycles. The van der Waals surface area contributed by atoms with E-state index in [9.17, 15) is 5.11 Å². The Balaban J connectivity index is 1.86. The van der Waals surface area contributed by atoms with Gasteiger partial charge in [0.2, 0.25) is 6.79 Å². The first kappa shape index (κ1) is 11.1.